The molecule has 3 rings (SSSR count). The van der Waals surface area contributed by atoms with Gasteiger partial charge in [0.2, 0.25) is 10.0 Å². The van der Waals surface area contributed by atoms with Gasteiger partial charge in [-0.25, -0.2) is 18.4 Å². The summed E-state index contributed by atoms with van der Waals surface area (Å²) in [6.07, 6.45) is 11.1. The first-order valence-corrected chi connectivity index (χ1v) is 13.7. The van der Waals surface area contributed by atoms with Crippen LogP contribution in [-0.4, -0.2) is 27.5 Å². The molecule has 0 aliphatic heterocycles. The van der Waals surface area contributed by atoms with Gasteiger partial charge in [-0.2, -0.15) is 0 Å². The molecule has 188 valence electrons. The van der Waals surface area contributed by atoms with Crippen molar-refractivity contribution < 1.29 is 22.7 Å². The monoisotopic (exact) mass is 498 g/mol. The second-order valence-corrected chi connectivity index (χ2v) is 9.98. The highest BCUT2D eigenvalue weighted by Gasteiger charge is 2.27. The molecule has 0 fully saturated rings. The number of esters is 1. The number of para-hydroxylation sites is 1. The van der Waals surface area contributed by atoms with Crippen molar-refractivity contribution in [3.63, 3.8) is 0 Å². The smallest absolute Gasteiger partial charge is 0.343 e. The Morgan fingerprint density at radius 2 is 1.71 bits per heavy atom. The van der Waals surface area contributed by atoms with Crippen LogP contribution in [0.4, 0.5) is 5.69 Å². The molecule has 0 spiro atoms. The summed E-state index contributed by atoms with van der Waals surface area (Å²) in [6.45, 7) is 5.55. The third-order valence-corrected chi connectivity index (χ3v) is 6.53. The second-order valence-electron chi connectivity index (χ2n) is 8.45. The summed E-state index contributed by atoms with van der Waals surface area (Å²) in [4.78, 5) is 14.9. The number of ether oxygens (including phenoxy) is 2. The van der Waals surface area contributed by atoms with E-state index in [9.17, 15) is 13.2 Å². The van der Waals surface area contributed by atoms with E-state index >= 15 is 0 Å². The van der Waals surface area contributed by atoms with Crippen molar-refractivity contribution in [2.75, 3.05) is 18.0 Å². The van der Waals surface area contributed by atoms with Crippen LogP contribution in [0.5, 0.6) is 11.5 Å². The standard InChI is InChI=1S/C27H34N2O5S/c1-3-5-17-29(18-6-4-2)24-19-21(27(30)34-23-15-11-8-12-16-23)20-25(35(28,31)32)26(24)33-22-13-9-7-10-14-22/h8-9,11-16,19-20H,3-7,10,17-18H2,1-2H3,(H2,28,31,32). The molecule has 0 radical (unpaired) electrons. The fourth-order valence-corrected chi connectivity index (χ4v) is 4.44. The number of unbranched alkanes of at least 4 members (excludes halogenated alkanes) is 2. The van der Waals surface area contributed by atoms with Crippen LogP contribution in [0.1, 0.15) is 62.7 Å². The zero-order valence-corrected chi connectivity index (χ0v) is 21.2. The van der Waals surface area contributed by atoms with Crippen LogP contribution in [0, 0.1) is 0 Å². The van der Waals surface area contributed by atoms with Crippen molar-refractivity contribution in [2.45, 2.75) is 57.3 Å². The molecule has 1 aliphatic rings. The predicted molar refractivity (Wildman–Crippen MR) is 138 cm³/mol. The van der Waals surface area contributed by atoms with E-state index in [2.05, 4.69) is 18.7 Å². The molecule has 2 N–H and O–H groups in total. The number of carbonyl (C=O) groups is 1. The highest BCUT2D eigenvalue weighted by atomic mass is 32.2. The van der Waals surface area contributed by atoms with Crippen LogP contribution < -0.4 is 19.5 Å². The highest BCUT2D eigenvalue weighted by molar-refractivity contribution is 7.89. The molecule has 0 amide bonds. The number of sulfonamides is 1. The van der Waals surface area contributed by atoms with E-state index in [4.69, 9.17) is 14.6 Å². The van der Waals surface area contributed by atoms with E-state index in [1.165, 1.54) is 6.07 Å². The summed E-state index contributed by atoms with van der Waals surface area (Å²) in [5.41, 5.74) is 0.602. The summed E-state index contributed by atoms with van der Waals surface area (Å²) in [5, 5.41) is 5.64. The lowest BCUT2D eigenvalue weighted by Gasteiger charge is -2.28. The molecular formula is C27H34N2O5S. The highest BCUT2D eigenvalue weighted by Crippen LogP contribution is 2.39. The summed E-state index contributed by atoms with van der Waals surface area (Å²) in [5.74, 6) is 0.376. The SMILES string of the molecule is CCCCN(CCCC)c1cc(C(=O)Oc2ccccc2)cc(S(N)(=O)=O)c1OC1=CCCC=C1. The lowest BCUT2D eigenvalue weighted by Crippen LogP contribution is -2.28. The maximum atomic E-state index is 13.1. The average Bonchev–Trinajstić information content (AvgIpc) is 2.85. The quantitative estimate of drug-likeness (QED) is 0.303. The van der Waals surface area contributed by atoms with E-state index < -0.39 is 16.0 Å². The Kier molecular flexibility index (Phi) is 9.51. The molecule has 0 heterocycles. The van der Waals surface area contributed by atoms with Crippen LogP contribution >= 0.6 is 0 Å². The van der Waals surface area contributed by atoms with Gasteiger partial charge in [0.1, 0.15) is 16.4 Å². The molecule has 0 aromatic heterocycles. The van der Waals surface area contributed by atoms with Gasteiger partial charge in [0.25, 0.3) is 0 Å². The third kappa shape index (κ3) is 7.44. The zero-order chi connectivity index (χ0) is 25.3. The normalized spacial score (nSPS) is 13.3. The topological polar surface area (TPSA) is 98.9 Å². The van der Waals surface area contributed by atoms with Gasteiger partial charge in [0.05, 0.1) is 11.3 Å². The fourth-order valence-electron chi connectivity index (χ4n) is 3.74. The average molecular weight is 499 g/mol. The number of hydrogen-bond donors (Lipinski definition) is 1. The van der Waals surface area contributed by atoms with Crippen LogP contribution in [0.3, 0.4) is 0 Å². The second kappa shape index (κ2) is 12.6. The van der Waals surface area contributed by atoms with Crippen LogP contribution in [0.25, 0.3) is 0 Å². The Hall–Kier alpha value is -3.10. The number of nitrogens with two attached hydrogens (primary N) is 1. The number of primary sulfonamides is 1. The number of nitrogens with zero attached hydrogens (tertiary/aromatic N) is 1. The summed E-state index contributed by atoms with van der Waals surface area (Å²) in [6, 6.07) is 11.5. The molecule has 8 heteroatoms. The number of anilines is 1. The van der Waals surface area contributed by atoms with Crippen LogP contribution in [-0.2, 0) is 10.0 Å². The van der Waals surface area contributed by atoms with Gasteiger partial charge in [0, 0.05) is 13.1 Å². The van der Waals surface area contributed by atoms with E-state index in [0.29, 0.717) is 30.3 Å². The summed E-state index contributed by atoms with van der Waals surface area (Å²) >= 11 is 0. The molecule has 0 atom stereocenters. The van der Waals surface area contributed by atoms with Gasteiger partial charge in [-0.05, 0) is 62.1 Å². The van der Waals surface area contributed by atoms with Gasteiger partial charge < -0.3 is 14.4 Å². The Balaban J connectivity index is 2.15. The van der Waals surface area contributed by atoms with Crippen molar-refractivity contribution in [2.24, 2.45) is 5.14 Å². The van der Waals surface area contributed by atoms with E-state index in [-0.39, 0.29) is 16.2 Å². The van der Waals surface area contributed by atoms with Gasteiger partial charge in [-0.1, -0.05) is 51.0 Å². The summed E-state index contributed by atoms with van der Waals surface area (Å²) < 4.78 is 37.1. The molecule has 0 unspecified atom stereocenters. The minimum absolute atomic E-state index is 0.0893. The first-order chi connectivity index (χ1) is 16.8. The third-order valence-electron chi connectivity index (χ3n) is 5.62. The lowest BCUT2D eigenvalue weighted by atomic mass is 10.1. The maximum absolute atomic E-state index is 13.1. The van der Waals surface area contributed by atoms with Crippen molar-refractivity contribution >= 4 is 21.7 Å². The minimum atomic E-state index is -4.22. The Labute approximate surface area is 208 Å². The number of carbonyl (C=O) groups excluding carboxylic acids is 1. The Morgan fingerprint density at radius 3 is 2.29 bits per heavy atom. The van der Waals surface area contributed by atoms with Crippen LogP contribution in [0.2, 0.25) is 0 Å². The number of allylic oxidation sites excluding steroid dienone is 3. The summed E-state index contributed by atoms with van der Waals surface area (Å²) in [7, 11) is -4.22. The Morgan fingerprint density at radius 1 is 1.03 bits per heavy atom. The van der Waals surface area contributed by atoms with Gasteiger partial charge in [-0.3, -0.25) is 0 Å². The molecule has 0 saturated heterocycles. The molecule has 0 saturated carbocycles. The maximum Gasteiger partial charge on any atom is 0.343 e. The van der Waals surface area contributed by atoms with Gasteiger partial charge >= 0.3 is 5.97 Å². The fraction of sp³-hybridized carbons (Fsp3) is 0.370. The zero-order valence-electron chi connectivity index (χ0n) is 20.4. The van der Waals surface area contributed by atoms with Crippen molar-refractivity contribution in [3.05, 3.63) is 72.0 Å². The van der Waals surface area contributed by atoms with Crippen molar-refractivity contribution in [1.29, 1.82) is 0 Å². The molecule has 7 nitrogen and oxygen atoms in total. The predicted octanol–water partition coefficient (Wildman–Crippen LogP) is 5.57. The number of benzene rings is 2. The molecular weight excluding hydrogens is 464 g/mol. The molecule has 2 aromatic carbocycles. The van der Waals surface area contributed by atoms with Gasteiger partial charge in [-0.15, -0.1) is 0 Å². The number of hydrogen-bond acceptors (Lipinski definition) is 6. The minimum Gasteiger partial charge on any atom is -0.454 e. The van der Waals surface area contributed by atoms with Gasteiger partial charge in [0.15, 0.2) is 5.75 Å². The van der Waals surface area contributed by atoms with Crippen molar-refractivity contribution in [3.8, 4) is 11.5 Å². The van der Waals surface area contributed by atoms with Crippen LogP contribution in [0.15, 0.2) is 71.3 Å². The molecule has 2 aromatic rings. The number of rotatable bonds is 12. The Bertz CT molecular complexity index is 1170. The van der Waals surface area contributed by atoms with Crippen molar-refractivity contribution in [1.82, 2.24) is 0 Å². The molecule has 35 heavy (non-hydrogen) atoms. The first-order valence-electron chi connectivity index (χ1n) is 12.1. The molecule has 0 bridgehead atoms. The molecule has 1 aliphatic carbocycles. The van der Waals surface area contributed by atoms with E-state index in [1.54, 1.807) is 30.3 Å². The van der Waals surface area contributed by atoms with E-state index in [0.717, 1.165) is 38.5 Å². The lowest BCUT2D eigenvalue weighted by molar-refractivity contribution is 0.0734. The first kappa shape index (κ1) is 26.5. The largest absolute Gasteiger partial charge is 0.454 e. The van der Waals surface area contributed by atoms with E-state index in [1.807, 2.05) is 24.3 Å².